The third kappa shape index (κ3) is 4.61. The van der Waals surface area contributed by atoms with Crippen LogP contribution in [0.4, 0.5) is 5.69 Å². The van der Waals surface area contributed by atoms with Crippen LogP contribution in [0.25, 0.3) is 6.08 Å². The van der Waals surface area contributed by atoms with Gasteiger partial charge in [-0.05, 0) is 23.8 Å². The smallest absolute Gasteiger partial charge is 0.328 e. The summed E-state index contributed by atoms with van der Waals surface area (Å²) in [6, 6.07) is 6.43. The molecule has 0 amide bonds. The van der Waals surface area contributed by atoms with Crippen LogP contribution in [0.5, 0.6) is 0 Å². The Bertz CT molecular complexity index is 519. The van der Waals surface area contributed by atoms with E-state index in [-0.39, 0.29) is 0 Å². The van der Waals surface area contributed by atoms with Crippen LogP contribution in [0, 0.1) is 0 Å². The standard InChI is InChI=1S/C10H11NO4S/c1-16(14,15)11-9-4-2-3-8(7-9)5-6-10(12)13/h2-7,11H,1H3,(H,12,13). The van der Waals surface area contributed by atoms with Crippen LogP contribution in [0.15, 0.2) is 30.3 Å². The lowest BCUT2D eigenvalue weighted by Gasteiger charge is -2.03. The van der Waals surface area contributed by atoms with Crippen molar-refractivity contribution >= 4 is 27.8 Å². The Hall–Kier alpha value is -1.82. The number of sulfonamides is 1. The average molecular weight is 241 g/mol. The molecule has 16 heavy (non-hydrogen) atoms. The van der Waals surface area contributed by atoms with Crippen LogP contribution in [-0.4, -0.2) is 25.7 Å². The first-order valence-corrected chi connectivity index (χ1v) is 6.25. The molecule has 0 bridgehead atoms. The van der Waals surface area contributed by atoms with Crippen molar-refractivity contribution in [1.82, 2.24) is 0 Å². The van der Waals surface area contributed by atoms with E-state index in [9.17, 15) is 13.2 Å². The first-order valence-electron chi connectivity index (χ1n) is 4.36. The maximum absolute atomic E-state index is 11.0. The molecule has 0 fully saturated rings. The van der Waals surface area contributed by atoms with Crippen molar-refractivity contribution in [3.8, 4) is 0 Å². The fourth-order valence-electron chi connectivity index (χ4n) is 1.09. The van der Waals surface area contributed by atoms with E-state index in [0.29, 0.717) is 11.3 Å². The highest BCUT2D eigenvalue weighted by molar-refractivity contribution is 7.92. The number of carboxylic acid groups (broad SMARTS) is 1. The Balaban J connectivity index is 2.91. The Labute approximate surface area is 93.5 Å². The van der Waals surface area contributed by atoms with Gasteiger partial charge in [0, 0.05) is 11.8 Å². The lowest BCUT2D eigenvalue weighted by Crippen LogP contribution is -2.09. The molecule has 2 N–H and O–H groups in total. The molecule has 1 aromatic carbocycles. The third-order valence-corrected chi connectivity index (χ3v) is 2.21. The quantitative estimate of drug-likeness (QED) is 0.775. The molecular formula is C10H11NO4S. The predicted molar refractivity (Wildman–Crippen MR) is 61.6 cm³/mol. The number of hydrogen-bond donors (Lipinski definition) is 2. The first-order chi connectivity index (χ1) is 7.37. The van der Waals surface area contributed by atoms with E-state index in [4.69, 9.17) is 5.11 Å². The predicted octanol–water partition coefficient (Wildman–Crippen LogP) is 1.16. The largest absolute Gasteiger partial charge is 0.478 e. The molecule has 86 valence electrons. The minimum absolute atomic E-state index is 0.398. The van der Waals surface area contributed by atoms with E-state index in [1.165, 1.54) is 6.08 Å². The lowest BCUT2D eigenvalue weighted by molar-refractivity contribution is -0.131. The molecule has 0 heterocycles. The SMILES string of the molecule is CS(=O)(=O)Nc1cccc(C=CC(=O)O)c1. The van der Waals surface area contributed by atoms with E-state index in [1.807, 2.05) is 0 Å². The summed E-state index contributed by atoms with van der Waals surface area (Å²) in [7, 11) is -3.32. The van der Waals surface area contributed by atoms with Crippen molar-refractivity contribution in [2.24, 2.45) is 0 Å². The lowest BCUT2D eigenvalue weighted by atomic mass is 10.2. The minimum atomic E-state index is -3.32. The van der Waals surface area contributed by atoms with Crippen molar-refractivity contribution in [2.75, 3.05) is 11.0 Å². The maximum Gasteiger partial charge on any atom is 0.328 e. The third-order valence-electron chi connectivity index (χ3n) is 1.61. The van der Waals surface area contributed by atoms with Crippen LogP contribution in [0.1, 0.15) is 5.56 Å². The zero-order valence-electron chi connectivity index (χ0n) is 8.54. The van der Waals surface area contributed by atoms with Gasteiger partial charge in [-0.25, -0.2) is 13.2 Å². The molecule has 0 radical (unpaired) electrons. The van der Waals surface area contributed by atoms with Gasteiger partial charge in [-0.1, -0.05) is 12.1 Å². The zero-order chi connectivity index (χ0) is 12.2. The first kappa shape index (κ1) is 12.3. The molecule has 0 aliphatic heterocycles. The number of benzene rings is 1. The molecule has 0 aliphatic rings. The fraction of sp³-hybridized carbons (Fsp3) is 0.100. The van der Waals surface area contributed by atoms with Gasteiger partial charge in [-0.2, -0.15) is 0 Å². The summed E-state index contributed by atoms with van der Waals surface area (Å²) >= 11 is 0. The zero-order valence-corrected chi connectivity index (χ0v) is 9.36. The molecule has 0 saturated heterocycles. The monoisotopic (exact) mass is 241 g/mol. The van der Waals surface area contributed by atoms with Gasteiger partial charge in [0.05, 0.1) is 6.26 Å². The van der Waals surface area contributed by atoms with Crippen molar-refractivity contribution in [3.63, 3.8) is 0 Å². The molecule has 0 spiro atoms. The van der Waals surface area contributed by atoms with Crippen molar-refractivity contribution in [2.45, 2.75) is 0 Å². The Morgan fingerprint density at radius 1 is 1.44 bits per heavy atom. The van der Waals surface area contributed by atoms with E-state index in [2.05, 4.69) is 4.72 Å². The molecule has 0 atom stereocenters. The molecule has 0 aromatic heterocycles. The number of carbonyl (C=O) groups is 1. The highest BCUT2D eigenvalue weighted by Gasteiger charge is 2.01. The normalized spacial score (nSPS) is 11.6. The van der Waals surface area contributed by atoms with Gasteiger partial charge in [0.15, 0.2) is 0 Å². The molecule has 1 aromatic rings. The van der Waals surface area contributed by atoms with Crippen molar-refractivity contribution in [1.29, 1.82) is 0 Å². The maximum atomic E-state index is 11.0. The van der Waals surface area contributed by atoms with Crippen molar-refractivity contribution in [3.05, 3.63) is 35.9 Å². The van der Waals surface area contributed by atoms with Gasteiger partial charge in [0.1, 0.15) is 0 Å². The Morgan fingerprint density at radius 2 is 2.12 bits per heavy atom. The summed E-state index contributed by atoms with van der Waals surface area (Å²) in [4.78, 5) is 10.3. The minimum Gasteiger partial charge on any atom is -0.478 e. The van der Waals surface area contributed by atoms with Gasteiger partial charge in [-0.3, -0.25) is 4.72 Å². The Kier molecular flexibility index (Phi) is 3.68. The van der Waals surface area contributed by atoms with Crippen LogP contribution >= 0.6 is 0 Å². The van der Waals surface area contributed by atoms with Crippen LogP contribution in [0.2, 0.25) is 0 Å². The van der Waals surface area contributed by atoms with Gasteiger partial charge in [0.25, 0.3) is 0 Å². The molecule has 0 unspecified atom stereocenters. The second-order valence-electron chi connectivity index (χ2n) is 3.17. The Morgan fingerprint density at radius 3 is 2.69 bits per heavy atom. The second-order valence-corrected chi connectivity index (χ2v) is 4.92. The highest BCUT2D eigenvalue weighted by Crippen LogP contribution is 2.12. The van der Waals surface area contributed by atoms with Gasteiger partial charge in [0.2, 0.25) is 10.0 Å². The number of anilines is 1. The number of hydrogen-bond acceptors (Lipinski definition) is 3. The topological polar surface area (TPSA) is 83.5 Å². The van der Waals surface area contributed by atoms with Crippen molar-refractivity contribution < 1.29 is 18.3 Å². The highest BCUT2D eigenvalue weighted by atomic mass is 32.2. The number of aliphatic carboxylic acids is 1. The van der Waals surface area contributed by atoms with E-state index in [1.54, 1.807) is 24.3 Å². The second kappa shape index (κ2) is 4.80. The van der Waals surface area contributed by atoms with E-state index >= 15 is 0 Å². The molecule has 0 aliphatic carbocycles. The summed E-state index contributed by atoms with van der Waals surface area (Å²) in [5.41, 5.74) is 1.01. The van der Waals surface area contributed by atoms with E-state index in [0.717, 1.165) is 12.3 Å². The number of carboxylic acids is 1. The van der Waals surface area contributed by atoms with Gasteiger partial charge in [-0.15, -0.1) is 0 Å². The number of nitrogens with one attached hydrogen (secondary N) is 1. The number of rotatable bonds is 4. The van der Waals surface area contributed by atoms with E-state index < -0.39 is 16.0 Å². The fourth-order valence-corrected chi connectivity index (χ4v) is 1.64. The molecule has 1 rings (SSSR count). The summed E-state index contributed by atoms with van der Waals surface area (Å²) in [5.74, 6) is -1.05. The molecule has 0 saturated carbocycles. The molecule has 6 heteroatoms. The van der Waals surface area contributed by atoms with Crippen LogP contribution < -0.4 is 4.72 Å². The summed E-state index contributed by atoms with van der Waals surface area (Å²) in [6.45, 7) is 0. The van der Waals surface area contributed by atoms with Crippen LogP contribution in [-0.2, 0) is 14.8 Å². The molecule has 5 nitrogen and oxygen atoms in total. The summed E-state index contributed by atoms with van der Waals surface area (Å²) in [6.07, 6.45) is 3.42. The average Bonchev–Trinajstić information content (AvgIpc) is 2.12. The van der Waals surface area contributed by atoms with Gasteiger partial charge < -0.3 is 5.11 Å². The molecular weight excluding hydrogens is 230 g/mol. The van der Waals surface area contributed by atoms with Gasteiger partial charge >= 0.3 is 5.97 Å². The van der Waals surface area contributed by atoms with Crippen LogP contribution in [0.3, 0.4) is 0 Å². The summed E-state index contributed by atoms with van der Waals surface area (Å²) < 4.78 is 24.2. The summed E-state index contributed by atoms with van der Waals surface area (Å²) in [5, 5.41) is 8.43.